The molecule has 0 bridgehead atoms. The molecular weight excluding hydrogens is 320 g/mol. The summed E-state index contributed by atoms with van der Waals surface area (Å²) >= 11 is 0. The molecule has 0 radical (unpaired) electrons. The van der Waals surface area contributed by atoms with E-state index >= 15 is 0 Å². The Morgan fingerprint density at radius 3 is 2.64 bits per heavy atom. The number of anilines is 1. The Hall–Kier alpha value is -2.41. The van der Waals surface area contributed by atoms with Gasteiger partial charge in [-0.25, -0.2) is 5.01 Å². The van der Waals surface area contributed by atoms with Crippen LogP contribution in [-0.4, -0.2) is 29.8 Å². The van der Waals surface area contributed by atoms with E-state index in [1.165, 1.54) is 11.4 Å². The Morgan fingerprint density at radius 1 is 1.24 bits per heavy atom. The standard InChI is InChI=1S/C18H24N4O3/c1-11(19)17(24)21-22-15-9-5-8-13(14(15)10-16(22)23)18(25)20-12-6-3-2-4-7-12/h5,8-9,11-12H,2-4,6-7,10,19H2,1H3,(H,20,25)(H,21,24). The van der Waals surface area contributed by atoms with Crippen LogP contribution in [0.5, 0.6) is 0 Å². The van der Waals surface area contributed by atoms with Crippen LogP contribution >= 0.6 is 0 Å². The number of benzene rings is 1. The third-order valence-electron chi connectivity index (χ3n) is 4.79. The monoisotopic (exact) mass is 344 g/mol. The summed E-state index contributed by atoms with van der Waals surface area (Å²) in [6, 6.07) is 4.64. The van der Waals surface area contributed by atoms with Gasteiger partial charge in [0.1, 0.15) is 0 Å². The van der Waals surface area contributed by atoms with E-state index in [-0.39, 0.29) is 24.3 Å². The van der Waals surface area contributed by atoms with Crippen molar-refractivity contribution in [1.82, 2.24) is 10.7 Å². The molecule has 1 unspecified atom stereocenters. The molecule has 1 fully saturated rings. The number of hydrogen-bond donors (Lipinski definition) is 3. The van der Waals surface area contributed by atoms with E-state index in [1.807, 2.05) is 0 Å². The zero-order valence-electron chi connectivity index (χ0n) is 14.4. The molecule has 2 aliphatic rings. The first-order chi connectivity index (χ1) is 12.0. The lowest BCUT2D eigenvalue weighted by atomic mass is 9.95. The third kappa shape index (κ3) is 3.66. The fraction of sp³-hybridized carbons (Fsp3) is 0.500. The molecule has 3 amide bonds. The number of carbonyl (C=O) groups excluding carboxylic acids is 3. The van der Waals surface area contributed by atoms with Crippen LogP contribution in [0.2, 0.25) is 0 Å². The minimum atomic E-state index is -0.727. The van der Waals surface area contributed by atoms with E-state index in [0.717, 1.165) is 25.7 Å². The van der Waals surface area contributed by atoms with Crippen LogP contribution in [0, 0.1) is 0 Å². The molecule has 1 aliphatic carbocycles. The predicted octanol–water partition coefficient (Wildman–Crippen LogP) is 1.02. The average molecular weight is 344 g/mol. The Balaban J connectivity index is 1.80. The molecule has 0 saturated heterocycles. The second-order valence-corrected chi connectivity index (χ2v) is 6.78. The number of hydrazine groups is 1. The van der Waals surface area contributed by atoms with E-state index in [0.29, 0.717) is 16.8 Å². The summed E-state index contributed by atoms with van der Waals surface area (Å²) in [6.07, 6.45) is 5.56. The SMILES string of the molecule is CC(N)C(=O)NN1C(=O)Cc2c(C(=O)NC3CCCCC3)cccc21. The van der Waals surface area contributed by atoms with Crippen molar-refractivity contribution in [2.45, 2.75) is 57.5 Å². The predicted molar refractivity (Wildman–Crippen MR) is 93.8 cm³/mol. The van der Waals surface area contributed by atoms with E-state index in [1.54, 1.807) is 25.1 Å². The van der Waals surface area contributed by atoms with Crippen molar-refractivity contribution < 1.29 is 14.4 Å². The lowest BCUT2D eigenvalue weighted by molar-refractivity contribution is -0.126. The van der Waals surface area contributed by atoms with E-state index < -0.39 is 11.9 Å². The summed E-state index contributed by atoms with van der Waals surface area (Å²) in [5.74, 6) is -0.878. The van der Waals surface area contributed by atoms with Gasteiger partial charge < -0.3 is 11.1 Å². The number of nitrogens with two attached hydrogens (primary N) is 1. The zero-order valence-corrected chi connectivity index (χ0v) is 14.4. The summed E-state index contributed by atoms with van der Waals surface area (Å²) in [4.78, 5) is 36.8. The molecule has 7 heteroatoms. The van der Waals surface area contributed by atoms with E-state index in [4.69, 9.17) is 5.73 Å². The normalized spacial score (nSPS) is 18.6. The molecule has 1 atom stereocenters. The highest BCUT2D eigenvalue weighted by molar-refractivity contribution is 6.08. The maximum Gasteiger partial charge on any atom is 0.255 e. The van der Waals surface area contributed by atoms with E-state index in [9.17, 15) is 14.4 Å². The highest BCUT2D eigenvalue weighted by Gasteiger charge is 2.33. The van der Waals surface area contributed by atoms with Gasteiger partial charge in [-0.1, -0.05) is 25.3 Å². The second-order valence-electron chi connectivity index (χ2n) is 6.78. The Labute approximate surface area is 146 Å². The van der Waals surface area contributed by atoms with Crippen LogP contribution < -0.4 is 21.5 Å². The number of nitrogens with one attached hydrogen (secondary N) is 2. The molecule has 1 aromatic rings. The van der Waals surface area contributed by atoms with Crippen LogP contribution in [-0.2, 0) is 16.0 Å². The van der Waals surface area contributed by atoms with Gasteiger partial charge in [0.2, 0.25) is 5.91 Å². The van der Waals surface area contributed by atoms with Crippen molar-refractivity contribution >= 4 is 23.4 Å². The quantitative estimate of drug-likeness (QED) is 0.758. The average Bonchev–Trinajstić information content (AvgIpc) is 2.91. The molecule has 0 spiro atoms. The molecule has 1 aliphatic heterocycles. The number of nitrogens with zero attached hydrogens (tertiary/aromatic N) is 1. The van der Waals surface area contributed by atoms with Crippen LogP contribution in [0.25, 0.3) is 0 Å². The summed E-state index contributed by atoms with van der Waals surface area (Å²) in [5.41, 5.74) is 9.74. The van der Waals surface area contributed by atoms with Gasteiger partial charge in [0.25, 0.3) is 11.8 Å². The van der Waals surface area contributed by atoms with Gasteiger partial charge in [0.15, 0.2) is 0 Å². The minimum Gasteiger partial charge on any atom is -0.349 e. The lowest BCUT2D eigenvalue weighted by Gasteiger charge is -2.23. The molecule has 4 N–H and O–H groups in total. The van der Waals surface area contributed by atoms with Gasteiger partial charge in [-0.2, -0.15) is 0 Å². The molecule has 134 valence electrons. The second kappa shape index (κ2) is 7.23. The van der Waals surface area contributed by atoms with E-state index in [2.05, 4.69) is 10.7 Å². The molecule has 25 heavy (non-hydrogen) atoms. The summed E-state index contributed by atoms with van der Waals surface area (Å²) in [7, 11) is 0. The maximum atomic E-state index is 12.7. The van der Waals surface area contributed by atoms with Gasteiger partial charge >= 0.3 is 0 Å². The molecule has 1 heterocycles. The van der Waals surface area contributed by atoms with Gasteiger partial charge in [0, 0.05) is 17.2 Å². The topological polar surface area (TPSA) is 105 Å². The molecule has 7 nitrogen and oxygen atoms in total. The van der Waals surface area contributed by atoms with Gasteiger partial charge in [-0.05, 0) is 31.9 Å². The highest BCUT2D eigenvalue weighted by atomic mass is 16.2. The summed E-state index contributed by atoms with van der Waals surface area (Å²) in [5, 5.41) is 4.27. The summed E-state index contributed by atoms with van der Waals surface area (Å²) in [6.45, 7) is 1.55. The molecular formula is C18H24N4O3. The molecule has 1 aromatic carbocycles. The van der Waals surface area contributed by atoms with Crippen LogP contribution in [0.15, 0.2) is 18.2 Å². The number of fused-ring (bicyclic) bond motifs is 1. The Bertz CT molecular complexity index is 696. The smallest absolute Gasteiger partial charge is 0.255 e. The van der Waals surface area contributed by atoms with Crippen molar-refractivity contribution in [2.75, 3.05) is 5.01 Å². The minimum absolute atomic E-state index is 0.0861. The van der Waals surface area contributed by atoms with Crippen molar-refractivity contribution in [3.8, 4) is 0 Å². The number of hydrogen-bond acceptors (Lipinski definition) is 4. The Kier molecular flexibility index (Phi) is 5.03. The summed E-state index contributed by atoms with van der Waals surface area (Å²) < 4.78 is 0. The fourth-order valence-corrected chi connectivity index (χ4v) is 3.39. The first-order valence-corrected chi connectivity index (χ1v) is 8.79. The number of rotatable bonds is 4. The maximum absolute atomic E-state index is 12.7. The van der Waals surface area contributed by atoms with Gasteiger partial charge in [0.05, 0.1) is 18.2 Å². The van der Waals surface area contributed by atoms with Crippen LogP contribution in [0.1, 0.15) is 54.9 Å². The van der Waals surface area contributed by atoms with Crippen molar-refractivity contribution in [3.63, 3.8) is 0 Å². The van der Waals surface area contributed by atoms with Crippen LogP contribution in [0.4, 0.5) is 5.69 Å². The fourth-order valence-electron chi connectivity index (χ4n) is 3.39. The number of amides is 3. The van der Waals surface area contributed by atoms with Crippen molar-refractivity contribution in [2.24, 2.45) is 5.73 Å². The van der Waals surface area contributed by atoms with Crippen molar-refractivity contribution in [1.29, 1.82) is 0 Å². The number of carbonyl (C=O) groups is 3. The first kappa shape index (κ1) is 17.4. The molecule has 1 saturated carbocycles. The largest absolute Gasteiger partial charge is 0.349 e. The van der Waals surface area contributed by atoms with Crippen LogP contribution in [0.3, 0.4) is 0 Å². The van der Waals surface area contributed by atoms with Gasteiger partial charge in [-0.3, -0.25) is 19.8 Å². The molecule has 3 rings (SSSR count). The molecule has 0 aromatic heterocycles. The third-order valence-corrected chi connectivity index (χ3v) is 4.79. The van der Waals surface area contributed by atoms with Crippen molar-refractivity contribution in [3.05, 3.63) is 29.3 Å². The lowest BCUT2D eigenvalue weighted by Crippen LogP contribution is -2.50. The van der Waals surface area contributed by atoms with Gasteiger partial charge in [-0.15, -0.1) is 0 Å². The first-order valence-electron chi connectivity index (χ1n) is 8.79. The zero-order chi connectivity index (χ0) is 18.0. The highest BCUT2D eigenvalue weighted by Crippen LogP contribution is 2.30. The Morgan fingerprint density at radius 2 is 1.96 bits per heavy atom.